The summed E-state index contributed by atoms with van der Waals surface area (Å²) in [6.07, 6.45) is 2.30. The Morgan fingerprint density at radius 2 is 1.88 bits per heavy atom. The van der Waals surface area contributed by atoms with Gasteiger partial charge in [-0.05, 0) is 39.5 Å². The van der Waals surface area contributed by atoms with Gasteiger partial charge in [0.25, 0.3) is 0 Å². The maximum Gasteiger partial charge on any atom is 0.216 e. The Labute approximate surface area is 99.0 Å². The molecule has 16 heavy (non-hydrogen) atoms. The zero-order valence-electron chi connectivity index (χ0n) is 10.6. The molecule has 0 N–H and O–H groups in total. The molecule has 0 aromatic rings. The van der Waals surface area contributed by atoms with Gasteiger partial charge in [0.1, 0.15) is 0 Å². The summed E-state index contributed by atoms with van der Waals surface area (Å²) in [5.41, 5.74) is 0. The summed E-state index contributed by atoms with van der Waals surface area (Å²) in [6, 6.07) is 0.113. The van der Waals surface area contributed by atoms with Gasteiger partial charge in [0.15, 0.2) is 0 Å². The van der Waals surface area contributed by atoms with Crippen molar-refractivity contribution in [1.82, 2.24) is 4.31 Å². The van der Waals surface area contributed by atoms with Crippen LogP contribution in [0.15, 0.2) is 0 Å². The van der Waals surface area contributed by atoms with Crippen LogP contribution in [-0.2, 0) is 14.8 Å². The summed E-state index contributed by atoms with van der Waals surface area (Å²) in [5, 5.41) is -0.356. The summed E-state index contributed by atoms with van der Waals surface area (Å²) < 4.78 is 31.0. The summed E-state index contributed by atoms with van der Waals surface area (Å²) in [5.74, 6) is 0.547. The summed E-state index contributed by atoms with van der Waals surface area (Å²) in [4.78, 5) is 0. The van der Waals surface area contributed by atoms with Crippen molar-refractivity contribution < 1.29 is 13.2 Å². The van der Waals surface area contributed by atoms with Gasteiger partial charge in [-0.1, -0.05) is 0 Å². The first-order valence-electron chi connectivity index (χ1n) is 5.90. The third kappa shape index (κ3) is 3.18. The Morgan fingerprint density at radius 3 is 2.25 bits per heavy atom. The van der Waals surface area contributed by atoms with E-state index in [2.05, 4.69) is 0 Å². The molecule has 0 radical (unpaired) electrons. The van der Waals surface area contributed by atoms with E-state index < -0.39 is 10.0 Å². The quantitative estimate of drug-likeness (QED) is 0.686. The molecule has 96 valence electrons. The molecule has 0 aromatic carbocycles. The lowest BCUT2D eigenvalue weighted by atomic mass is 10.2. The van der Waals surface area contributed by atoms with Crippen LogP contribution >= 0.6 is 0 Å². The average Bonchev–Trinajstić information content (AvgIpc) is 3.00. The van der Waals surface area contributed by atoms with Crippen molar-refractivity contribution >= 4 is 10.0 Å². The fraction of sp³-hybridized carbons (Fsp3) is 1.00. The average molecular weight is 249 g/mol. The zero-order valence-corrected chi connectivity index (χ0v) is 11.5. The molecule has 1 aliphatic rings. The molecular weight excluding hydrogens is 226 g/mol. The van der Waals surface area contributed by atoms with Gasteiger partial charge >= 0.3 is 0 Å². The van der Waals surface area contributed by atoms with E-state index in [1.54, 1.807) is 25.3 Å². The molecule has 0 spiro atoms. The van der Waals surface area contributed by atoms with Crippen LogP contribution in [0.1, 0.15) is 33.6 Å². The van der Waals surface area contributed by atoms with Gasteiger partial charge in [-0.15, -0.1) is 0 Å². The lowest BCUT2D eigenvalue weighted by molar-refractivity contribution is 0.164. The van der Waals surface area contributed by atoms with Crippen molar-refractivity contribution in [2.24, 2.45) is 5.92 Å². The number of rotatable bonds is 7. The number of methoxy groups -OCH3 is 1. The van der Waals surface area contributed by atoms with Crippen LogP contribution in [-0.4, -0.2) is 44.3 Å². The highest BCUT2D eigenvalue weighted by Crippen LogP contribution is 2.36. The minimum atomic E-state index is -3.16. The molecule has 0 bridgehead atoms. The van der Waals surface area contributed by atoms with Gasteiger partial charge in [-0.25, -0.2) is 8.42 Å². The molecule has 0 saturated heterocycles. The predicted octanol–water partition coefficient (Wildman–Crippen LogP) is 1.47. The molecule has 0 amide bonds. The third-order valence-electron chi connectivity index (χ3n) is 3.20. The molecule has 0 heterocycles. The van der Waals surface area contributed by atoms with Crippen molar-refractivity contribution in [2.45, 2.75) is 44.9 Å². The smallest absolute Gasteiger partial charge is 0.216 e. The fourth-order valence-electron chi connectivity index (χ4n) is 1.83. The summed E-state index contributed by atoms with van der Waals surface area (Å²) in [6.45, 7) is 6.40. The van der Waals surface area contributed by atoms with Crippen LogP contribution in [0.2, 0.25) is 0 Å². The van der Waals surface area contributed by atoms with Crippen molar-refractivity contribution in [3.8, 4) is 0 Å². The van der Waals surface area contributed by atoms with Crippen LogP contribution in [0.25, 0.3) is 0 Å². The maximum atomic E-state index is 12.2. The topological polar surface area (TPSA) is 46.6 Å². The van der Waals surface area contributed by atoms with Crippen LogP contribution in [0.5, 0.6) is 0 Å². The number of sulfonamides is 1. The van der Waals surface area contributed by atoms with Gasteiger partial charge in [-0.2, -0.15) is 4.31 Å². The van der Waals surface area contributed by atoms with Gasteiger partial charge in [-0.3, -0.25) is 0 Å². The first kappa shape index (κ1) is 13.9. The van der Waals surface area contributed by atoms with E-state index >= 15 is 0 Å². The highest BCUT2D eigenvalue weighted by atomic mass is 32.2. The van der Waals surface area contributed by atoms with Crippen molar-refractivity contribution in [3.05, 3.63) is 0 Å². The first-order valence-corrected chi connectivity index (χ1v) is 7.41. The molecule has 1 unspecified atom stereocenters. The van der Waals surface area contributed by atoms with Gasteiger partial charge in [0.2, 0.25) is 10.0 Å². The molecule has 1 fully saturated rings. The van der Waals surface area contributed by atoms with Crippen molar-refractivity contribution in [1.29, 1.82) is 0 Å². The molecule has 1 aliphatic carbocycles. The first-order chi connectivity index (χ1) is 7.41. The number of nitrogens with zero attached hydrogens (tertiary/aromatic N) is 1. The van der Waals surface area contributed by atoms with E-state index in [-0.39, 0.29) is 11.3 Å². The van der Waals surface area contributed by atoms with Crippen molar-refractivity contribution in [2.75, 3.05) is 20.3 Å². The van der Waals surface area contributed by atoms with Crippen LogP contribution in [0, 0.1) is 5.92 Å². The SMILES string of the molecule is COCCN(C(C)C1CC1)S(=O)(=O)C(C)C. The summed E-state index contributed by atoms with van der Waals surface area (Å²) in [7, 11) is -1.56. The Hall–Kier alpha value is -0.130. The van der Waals surface area contributed by atoms with E-state index in [1.807, 2.05) is 6.92 Å². The van der Waals surface area contributed by atoms with Crippen LogP contribution in [0.4, 0.5) is 0 Å². The van der Waals surface area contributed by atoms with Crippen LogP contribution < -0.4 is 0 Å². The monoisotopic (exact) mass is 249 g/mol. The highest BCUT2D eigenvalue weighted by molar-refractivity contribution is 7.89. The fourth-order valence-corrected chi connectivity index (χ4v) is 3.33. The van der Waals surface area contributed by atoms with Crippen molar-refractivity contribution in [3.63, 3.8) is 0 Å². The second-order valence-electron chi connectivity index (χ2n) is 4.78. The lowest BCUT2D eigenvalue weighted by Gasteiger charge is -2.29. The molecular formula is C11H23NO3S. The standard InChI is InChI=1S/C11H23NO3S/c1-9(2)16(13,14)12(7-8-15-4)10(3)11-5-6-11/h9-11H,5-8H2,1-4H3. The second kappa shape index (κ2) is 5.47. The minimum absolute atomic E-state index is 0.113. The van der Waals surface area contributed by atoms with E-state index in [0.717, 1.165) is 12.8 Å². The Balaban J connectivity index is 2.77. The molecule has 0 aromatic heterocycles. The lowest BCUT2D eigenvalue weighted by Crippen LogP contribution is -2.45. The Bertz CT molecular complexity index is 309. The molecule has 1 rings (SSSR count). The Kier molecular flexibility index (Phi) is 4.76. The molecule has 1 saturated carbocycles. The van der Waals surface area contributed by atoms with E-state index in [1.165, 1.54) is 0 Å². The minimum Gasteiger partial charge on any atom is -0.383 e. The van der Waals surface area contributed by atoms with E-state index in [9.17, 15) is 8.42 Å². The number of hydrogen-bond acceptors (Lipinski definition) is 3. The molecule has 5 heteroatoms. The van der Waals surface area contributed by atoms with E-state index in [0.29, 0.717) is 19.1 Å². The molecule has 4 nitrogen and oxygen atoms in total. The second-order valence-corrected chi connectivity index (χ2v) is 7.22. The van der Waals surface area contributed by atoms with Gasteiger partial charge in [0, 0.05) is 19.7 Å². The number of ether oxygens (including phenoxy) is 1. The molecule has 1 atom stereocenters. The predicted molar refractivity (Wildman–Crippen MR) is 64.8 cm³/mol. The van der Waals surface area contributed by atoms with Gasteiger partial charge < -0.3 is 4.74 Å². The van der Waals surface area contributed by atoms with Gasteiger partial charge in [0.05, 0.1) is 11.9 Å². The number of hydrogen-bond donors (Lipinski definition) is 0. The summed E-state index contributed by atoms with van der Waals surface area (Å²) >= 11 is 0. The maximum absolute atomic E-state index is 12.2. The molecule has 0 aliphatic heterocycles. The van der Waals surface area contributed by atoms with Crippen LogP contribution in [0.3, 0.4) is 0 Å². The normalized spacial score (nSPS) is 19.4. The largest absolute Gasteiger partial charge is 0.383 e. The Morgan fingerprint density at radius 1 is 1.31 bits per heavy atom. The highest BCUT2D eigenvalue weighted by Gasteiger charge is 2.38. The third-order valence-corrected chi connectivity index (χ3v) is 5.56. The van der Waals surface area contributed by atoms with E-state index in [4.69, 9.17) is 4.74 Å². The zero-order chi connectivity index (χ0) is 12.3.